The van der Waals surface area contributed by atoms with Crippen LogP contribution in [0.25, 0.3) is 0 Å². The maximum atomic E-state index is 3.95. The smallest absolute Gasteiger partial charge is 0.0120 e. The van der Waals surface area contributed by atoms with E-state index in [1.54, 1.807) is 0 Å². The summed E-state index contributed by atoms with van der Waals surface area (Å²) in [7, 11) is 2.25. The molecule has 0 amide bonds. The highest BCUT2D eigenvalue weighted by Crippen LogP contribution is 2.22. The highest BCUT2D eigenvalue weighted by Gasteiger charge is 2.29. The first-order chi connectivity index (χ1) is 9.10. The van der Waals surface area contributed by atoms with Crippen molar-refractivity contribution in [2.24, 2.45) is 11.8 Å². The second kappa shape index (κ2) is 7.05. The van der Waals surface area contributed by atoms with Crippen molar-refractivity contribution >= 4 is 0 Å². The fourth-order valence-electron chi connectivity index (χ4n) is 3.86. The number of hydrogen-bond donors (Lipinski definition) is 1. The van der Waals surface area contributed by atoms with Crippen LogP contribution in [-0.4, -0.2) is 61.7 Å². The van der Waals surface area contributed by atoms with Crippen molar-refractivity contribution in [3.8, 4) is 0 Å². The van der Waals surface area contributed by atoms with Crippen molar-refractivity contribution in [2.75, 3.05) is 39.8 Å². The van der Waals surface area contributed by atoms with E-state index in [1.165, 1.54) is 52.0 Å². The van der Waals surface area contributed by atoms with Crippen molar-refractivity contribution in [1.29, 1.82) is 0 Å². The summed E-state index contributed by atoms with van der Waals surface area (Å²) in [5, 5.41) is 3.95. The Morgan fingerprint density at radius 2 is 2.00 bits per heavy atom. The number of nitrogens with one attached hydrogen (secondary N) is 1. The van der Waals surface area contributed by atoms with Gasteiger partial charge < -0.3 is 15.1 Å². The van der Waals surface area contributed by atoms with Gasteiger partial charge in [0.2, 0.25) is 0 Å². The number of hydrogen-bond acceptors (Lipinski definition) is 3. The van der Waals surface area contributed by atoms with E-state index in [0.29, 0.717) is 6.04 Å². The van der Waals surface area contributed by atoms with Crippen molar-refractivity contribution in [1.82, 2.24) is 15.1 Å². The van der Waals surface area contributed by atoms with Crippen LogP contribution < -0.4 is 5.32 Å². The first-order valence-electron chi connectivity index (χ1n) is 8.27. The highest BCUT2D eigenvalue weighted by atomic mass is 15.1. The minimum Gasteiger partial charge on any atom is -0.311 e. The summed E-state index contributed by atoms with van der Waals surface area (Å²) >= 11 is 0. The topological polar surface area (TPSA) is 18.5 Å². The van der Waals surface area contributed by atoms with Crippen LogP contribution in [0.4, 0.5) is 0 Å². The largest absolute Gasteiger partial charge is 0.311 e. The minimum absolute atomic E-state index is 0.671. The third-order valence-electron chi connectivity index (χ3n) is 5.28. The Balaban J connectivity index is 1.81. The van der Waals surface area contributed by atoms with Crippen LogP contribution in [0.5, 0.6) is 0 Å². The lowest BCUT2D eigenvalue weighted by molar-refractivity contribution is 0.125. The molecule has 2 fully saturated rings. The summed E-state index contributed by atoms with van der Waals surface area (Å²) in [6.45, 7) is 13.4. The van der Waals surface area contributed by atoms with Crippen LogP contribution >= 0.6 is 0 Å². The molecule has 0 aliphatic carbocycles. The van der Waals surface area contributed by atoms with Gasteiger partial charge in [0.15, 0.2) is 0 Å². The Kier molecular flexibility index (Phi) is 5.67. The van der Waals surface area contributed by atoms with Gasteiger partial charge in [0, 0.05) is 25.2 Å². The van der Waals surface area contributed by atoms with Crippen LogP contribution in [0.15, 0.2) is 0 Å². The lowest BCUT2D eigenvalue weighted by Crippen LogP contribution is -2.53. The van der Waals surface area contributed by atoms with Gasteiger partial charge in [0.05, 0.1) is 0 Å². The molecule has 0 spiro atoms. The van der Waals surface area contributed by atoms with E-state index in [9.17, 15) is 0 Å². The molecule has 2 saturated heterocycles. The lowest BCUT2D eigenvalue weighted by atomic mass is 9.88. The first-order valence-corrected chi connectivity index (χ1v) is 8.27. The molecule has 19 heavy (non-hydrogen) atoms. The maximum Gasteiger partial charge on any atom is 0.0120 e. The second-order valence-electron chi connectivity index (χ2n) is 6.89. The van der Waals surface area contributed by atoms with Crippen molar-refractivity contribution in [2.45, 2.75) is 52.1 Å². The molecular formula is C16H33N3. The summed E-state index contributed by atoms with van der Waals surface area (Å²) in [5.41, 5.74) is 0. The van der Waals surface area contributed by atoms with Crippen molar-refractivity contribution in [3.63, 3.8) is 0 Å². The standard InChI is InChI=1S/C16H33N3/c1-5-19-9-6-7-15(12-19)14(3)17-16-8-10-18(4)11-13(16)2/h13-17H,5-12H2,1-4H3. The molecule has 0 radical (unpaired) electrons. The molecule has 0 aromatic heterocycles. The van der Waals surface area contributed by atoms with Gasteiger partial charge in [0.1, 0.15) is 0 Å². The molecule has 3 nitrogen and oxygen atoms in total. The SMILES string of the molecule is CCN1CCCC(C(C)NC2CCN(C)CC2C)C1. The predicted molar refractivity (Wildman–Crippen MR) is 82.5 cm³/mol. The predicted octanol–water partition coefficient (Wildman–Crippen LogP) is 2.04. The van der Waals surface area contributed by atoms with E-state index >= 15 is 0 Å². The van der Waals surface area contributed by atoms with Crippen molar-refractivity contribution < 1.29 is 0 Å². The van der Waals surface area contributed by atoms with Crippen LogP contribution in [0.1, 0.15) is 40.0 Å². The molecule has 4 unspecified atom stereocenters. The maximum absolute atomic E-state index is 3.95. The van der Waals surface area contributed by atoms with E-state index < -0.39 is 0 Å². The van der Waals surface area contributed by atoms with Gasteiger partial charge in [-0.25, -0.2) is 0 Å². The average molecular weight is 267 g/mol. The summed E-state index contributed by atoms with van der Waals surface area (Å²) in [5.74, 6) is 1.63. The molecule has 2 aliphatic rings. The van der Waals surface area contributed by atoms with Gasteiger partial charge in [0.25, 0.3) is 0 Å². The third kappa shape index (κ3) is 4.17. The van der Waals surface area contributed by atoms with Gasteiger partial charge in [-0.15, -0.1) is 0 Å². The number of likely N-dealkylation sites (tertiary alicyclic amines) is 2. The van der Waals surface area contributed by atoms with E-state index in [-0.39, 0.29) is 0 Å². The molecular weight excluding hydrogens is 234 g/mol. The molecule has 0 bridgehead atoms. The Bertz CT molecular complexity index is 269. The third-order valence-corrected chi connectivity index (χ3v) is 5.28. The van der Waals surface area contributed by atoms with E-state index in [4.69, 9.17) is 0 Å². The zero-order valence-electron chi connectivity index (χ0n) is 13.4. The molecule has 4 atom stereocenters. The quantitative estimate of drug-likeness (QED) is 0.841. The molecule has 0 saturated carbocycles. The van der Waals surface area contributed by atoms with Gasteiger partial charge in [-0.05, 0) is 64.7 Å². The van der Waals surface area contributed by atoms with Gasteiger partial charge in [-0.2, -0.15) is 0 Å². The Morgan fingerprint density at radius 1 is 1.21 bits per heavy atom. The summed E-state index contributed by atoms with van der Waals surface area (Å²) in [4.78, 5) is 5.08. The molecule has 1 N–H and O–H groups in total. The average Bonchev–Trinajstić information content (AvgIpc) is 2.42. The Hall–Kier alpha value is -0.120. The van der Waals surface area contributed by atoms with E-state index in [2.05, 4.69) is 42.9 Å². The van der Waals surface area contributed by atoms with E-state index in [1.807, 2.05) is 0 Å². The summed E-state index contributed by atoms with van der Waals surface area (Å²) in [6, 6.07) is 1.40. The van der Waals surface area contributed by atoms with E-state index in [0.717, 1.165) is 17.9 Å². The molecule has 112 valence electrons. The molecule has 2 aliphatic heterocycles. The lowest BCUT2D eigenvalue weighted by Gasteiger charge is -2.41. The normalized spacial score (nSPS) is 36.3. The van der Waals surface area contributed by atoms with Crippen LogP contribution in [0, 0.1) is 11.8 Å². The highest BCUT2D eigenvalue weighted by molar-refractivity contribution is 4.87. The van der Waals surface area contributed by atoms with Crippen LogP contribution in [0.3, 0.4) is 0 Å². The monoisotopic (exact) mass is 267 g/mol. The molecule has 0 aromatic carbocycles. The first kappa shape index (κ1) is 15.3. The minimum atomic E-state index is 0.671. The number of rotatable bonds is 4. The van der Waals surface area contributed by atoms with Gasteiger partial charge >= 0.3 is 0 Å². The van der Waals surface area contributed by atoms with Crippen LogP contribution in [-0.2, 0) is 0 Å². The zero-order chi connectivity index (χ0) is 13.8. The number of nitrogens with zero attached hydrogens (tertiary/aromatic N) is 2. The molecule has 2 heterocycles. The second-order valence-corrected chi connectivity index (χ2v) is 6.89. The number of piperidine rings is 2. The fraction of sp³-hybridized carbons (Fsp3) is 1.00. The molecule has 0 aromatic rings. The van der Waals surface area contributed by atoms with Crippen molar-refractivity contribution in [3.05, 3.63) is 0 Å². The summed E-state index contributed by atoms with van der Waals surface area (Å²) in [6.07, 6.45) is 4.10. The fourth-order valence-corrected chi connectivity index (χ4v) is 3.86. The molecule has 3 heteroatoms. The Labute approximate surface area is 119 Å². The van der Waals surface area contributed by atoms with Gasteiger partial charge in [-0.1, -0.05) is 13.8 Å². The zero-order valence-corrected chi connectivity index (χ0v) is 13.4. The molecule has 2 rings (SSSR count). The Morgan fingerprint density at radius 3 is 2.68 bits per heavy atom. The van der Waals surface area contributed by atoms with Gasteiger partial charge in [-0.3, -0.25) is 0 Å². The summed E-state index contributed by atoms with van der Waals surface area (Å²) < 4.78 is 0. The van der Waals surface area contributed by atoms with Crippen LogP contribution in [0.2, 0.25) is 0 Å².